The van der Waals surface area contributed by atoms with Crippen molar-refractivity contribution in [2.24, 2.45) is 5.92 Å². The topological polar surface area (TPSA) is 60.2 Å². The average molecular weight is 207 g/mol. The molecule has 0 amide bonds. The van der Waals surface area contributed by atoms with E-state index in [-0.39, 0.29) is 0 Å². The average Bonchev–Trinajstić information content (AvgIpc) is 2.63. The Hall–Kier alpha value is -1.29. The molecule has 0 aromatic carbocycles. The molecule has 0 radical (unpaired) electrons. The van der Waals surface area contributed by atoms with E-state index in [0.29, 0.717) is 17.7 Å². The molecule has 2 unspecified atom stereocenters. The second-order valence-corrected chi connectivity index (χ2v) is 3.97. The SMILES string of the molecule is CC1OCCC1CNc1ccncc1N. The second-order valence-electron chi connectivity index (χ2n) is 3.97. The fourth-order valence-corrected chi connectivity index (χ4v) is 1.85. The van der Waals surface area contributed by atoms with Crippen LogP contribution in [0.1, 0.15) is 13.3 Å². The lowest BCUT2D eigenvalue weighted by molar-refractivity contribution is 0.108. The number of rotatable bonds is 3. The van der Waals surface area contributed by atoms with Crippen LogP contribution in [0.25, 0.3) is 0 Å². The highest BCUT2D eigenvalue weighted by atomic mass is 16.5. The number of hydrogen-bond donors (Lipinski definition) is 2. The van der Waals surface area contributed by atoms with E-state index in [4.69, 9.17) is 10.5 Å². The van der Waals surface area contributed by atoms with Crippen LogP contribution < -0.4 is 11.1 Å². The van der Waals surface area contributed by atoms with E-state index in [1.54, 1.807) is 12.4 Å². The summed E-state index contributed by atoms with van der Waals surface area (Å²) in [6.45, 7) is 3.91. The molecule has 3 N–H and O–H groups in total. The van der Waals surface area contributed by atoms with Crippen LogP contribution in [0.5, 0.6) is 0 Å². The zero-order chi connectivity index (χ0) is 10.7. The summed E-state index contributed by atoms with van der Waals surface area (Å²) in [7, 11) is 0. The summed E-state index contributed by atoms with van der Waals surface area (Å²) in [5.41, 5.74) is 7.44. The van der Waals surface area contributed by atoms with Crippen LogP contribution in [0.4, 0.5) is 11.4 Å². The Labute approximate surface area is 89.8 Å². The summed E-state index contributed by atoms with van der Waals surface area (Å²) in [6, 6.07) is 1.90. The number of nitrogens with zero attached hydrogens (tertiary/aromatic N) is 1. The monoisotopic (exact) mass is 207 g/mol. The highest BCUT2D eigenvalue weighted by molar-refractivity contribution is 5.64. The van der Waals surface area contributed by atoms with Crippen molar-refractivity contribution in [2.45, 2.75) is 19.4 Å². The Bertz CT molecular complexity index is 329. The Morgan fingerprint density at radius 2 is 2.53 bits per heavy atom. The molecule has 2 rings (SSSR count). The molecule has 15 heavy (non-hydrogen) atoms. The molecule has 4 heteroatoms. The maximum atomic E-state index is 5.78. The number of nitrogen functional groups attached to an aromatic ring is 1. The van der Waals surface area contributed by atoms with Crippen molar-refractivity contribution in [1.82, 2.24) is 4.98 Å². The third kappa shape index (κ3) is 2.39. The molecule has 2 heterocycles. The first-order valence-electron chi connectivity index (χ1n) is 5.32. The highest BCUT2D eigenvalue weighted by Crippen LogP contribution is 2.22. The molecule has 4 nitrogen and oxygen atoms in total. The van der Waals surface area contributed by atoms with Gasteiger partial charge < -0.3 is 15.8 Å². The van der Waals surface area contributed by atoms with E-state index < -0.39 is 0 Å². The van der Waals surface area contributed by atoms with Gasteiger partial charge in [0.1, 0.15) is 0 Å². The van der Waals surface area contributed by atoms with E-state index in [2.05, 4.69) is 17.2 Å². The molecular weight excluding hydrogens is 190 g/mol. The van der Waals surface area contributed by atoms with Gasteiger partial charge in [-0.15, -0.1) is 0 Å². The standard InChI is InChI=1S/C11H17N3O/c1-8-9(3-5-15-8)6-14-11-2-4-13-7-10(11)12/h2,4,7-9H,3,5-6,12H2,1H3,(H,13,14). The van der Waals surface area contributed by atoms with Gasteiger partial charge in [-0.1, -0.05) is 0 Å². The van der Waals surface area contributed by atoms with Crippen molar-refractivity contribution in [3.63, 3.8) is 0 Å². The fourth-order valence-electron chi connectivity index (χ4n) is 1.85. The lowest BCUT2D eigenvalue weighted by atomic mass is 10.0. The summed E-state index contributed by atoms with van der Waals surface area (Å²) in [6.07, 6.45) is 4.88. The largest absolute Gasteiger partial charge is 0.396 e. The van der Waals surface area contributed by atoms with Crippen molar-refractivity contribution in [1.29, 1.82) is 0 Å². The predicted molar refractivity (Wildman–Crippen MR) is 60.7 cm³/mol. The van der Waals surface area contributed by atoms with Crippen LogP contribution in [0.2, 0.25) is 0 Å². The lowest BCUT2D eigenvalue weighted by Gasteiger charge is -2.16. The maximum Gasteiger partial charge on any atom is 0.0736 e. The zero-order valence-electron chi connectivity index (χ0n) is 8.94. The number of nitrogens with two attached hydrogens (primary N) is 1. The van der Waals surface area contributed by atoms with Gasteiger partial charge in [-0.25, -0.2) is 0 Å². The number of aromatic nitrogens is 1. The van der Waals surface area contributed by atoms with E-state index in [1.807, 2.05) is 6.07 Å². The van der Waals surface area contributed by atoms with Gasteiger partial charge in [0.2, 0.25) is 0 Å². The number of hydrogen-bond acceptors (Lipinski definition) is 4. The smallest absolute Gasteiger partial charge is 0.0736 e. The van der Waals surface area contributed by atoms with Crippen LogP contribution in [-0.4, -0.2) is 24.2 Å². The molecule has 1 aliphatic rings. The van der Waals surface area contributed by atoms with Gasteiger partial charge in [-0.2, -0.15) is 0 Å². The maximum absolute atomic E-state index is 5.78. The Kier molecular flexibility index (Phi) is 3.06. The quantitative estimate of drug-likeness (QED) is 0.788. The summed E-state index contributed by atoms with van der Waals surface area (Å²) in [5.74, 6) is 0.581. The normalized spacial score (nSPS) is 25.4. The van der Waals surface area contributed by atoms with Gasteiger partial charge in [0.25, 0.3) is 0 Å². The summed E-state index contributed by atoms with van der Waals surface area (Å²) >= 11 is 0. The van der Waals surface area contributed by atoms with Gasteiger partial charge in [0.15, 0.2) is 0 Å². The third-order valence-electron chi connectivity index (χ3n) is 2.94. The summed E-state index contributed by atoms with van der Waals surface area (Å²) < 4.78 is 5.50. The molecule has 1 saturated heterocycles. The van der Waals surface area contributed by atoms with Crippen molar-refractivity contribution < 1.29 is 4.74 Å². The molecule has 0 aliphatic carbocycles. The van der Waals surface area contributed by atoms with Crippen molar-refractivity contribution in [3.8, 4) is 0 Å². The van der Waals surface area contributed by atoms with Crippen LogP contribution >= 0.6 is 0 Å². The Morgan fingerprint density at radius 1 is 1.67 bits per heavy atom. The first kappa shape index (κ1) is 10.2. The molecule has 0 spiro atoms. The summed E-state index contributed by atoms with van der Waals surface area (Å²) in [4.78, 5) is 3.95. The fraction of sp³-hybridized carbons (Fsp3) is 0.545. The number of anilines is 2. The van der Waals surface area contributed by atoms with E-state index in [1.165, 1.54) is 0 Å². The number of ether oxygens (including phenoxy) is 1. The Balaban J connectivity index is 1.90. The predicted octanol–water partition coefficient (Wildman–Crippen LogP) is 1.50. The minimum Gasteiger partial charge on any atom is -0.396 e. The molecule has 1 aliphatic heterocycles. The highest BCUT2D eigenvalue weighted by Gasteiger charge is 2.23. The lowest BCUT2D eigenvalue weighted by Crippen LogP contribution is -2.21. The van der Waals surface area contributed by atoms with Crippen LogP contribution in [-0.2, 0) is 4.74 Å². The van der Waals surface area contributed by atoms with Crippen LogP contribution in [0, 0.1) is 5.92 Å². The Morgan fingerprint density at radius 3 is 3.20 bits per heavy atom. The minimum absolute atomic E-state index is 0.348. The molecule has 1 fully saturated rings. The zero-order valence-corrected chi connectivity index (χ0v) is 8.94. The van der Waals surface area contributed by atoms with E-state index >= 15 is 0 Å². The molecule has 82 valence electrons. The van der Waals surface area contributed by atoms with Gasteiger partial charge in [-0.3, -0.25) is 4.98 Å². The first-order chi connectivity index (χ1) is 7.27. The van der Waals surface area contributed by atoms with E-state index in [0.717, 1.165) is 25.3 Å². The minimum atomic E-state index is 0.348. The summed E-state index contributed by atoms with van der Waals surface area (Å²) in [5, 5.41) is 3.34. The molecule has 1 aromatic heterocycles. The molecule has 0 saturated carbocycles. The van der Waals surface area contributed by atoms with Gasteiger partial charge in [0, 0.05) is 25.3 Å². The molecule has 2 atom stereocenters. The first-order valence-corrected chi connectivity index (χ1v) is 5.32. The molecule has 0 bridgehead atoms. The second kappa shape index (κ2) is 4.49. The van der Waals surface area contributed by atoms with Crippen molar-refractivity contribution in [3.05, 3.63) is 18.5 Å². The van der Waals surface area contributed by atoms with E-state index in [9.17, 15) is 0 Å². The van der Waals surface area contributed by atoms with Gasteiger partial charge in [0.05, 0.1) is 23.7 Å². The van der Waals surface area contributed by atoms with Crippen LogP contribution in [0.15, 0.2) is 18.5 Å². The molecule has 1 aromatic rings. The number of nitrogens with one attached hydrogen (secondary N) is 1. The number of pyridine rings is 1. The molecular formula is C11H17N3O. The third-order valence-corrected chi connectivity index (χ3v) is 2.94. The van der Waals surface area contributed by atoms with Crippen molar-refractivity contribution in [2.75, 3.05) is 24.2 Å². The van der Waals surface area contributed by atoms with Crippen molar-refractivity contribution >= 4 is 11.4 Å². The van der Waals surface area contributed by atoms with Gasteiger partial charge >= 0.3 is 0 Å². The van der Waals surface area contributed by atoms with Crippen LogP contribution in [0.3, 0.4) is 0 Å². The van der Waals surface area contributed by atoms with Gasteiger partial charge in [-0.05, 0) is 19.4 Å².